The first-order valence-electron chi connectivity index (χ1n) is 11.1. The minimum atomic E-state index is -0.578. The van der Waals surface area contributed by atoms with E-state index in [9.17, 15) is 9.59 Å². The van der Waals surface area contributed by atoms with E-state index in [2.05, 4.69) is 21.5 Å². The number of rotatable bonds is 5. The Labute approximate surface area is 195 Å². The van der Waals surface area contributed by atoms with Gasteiger partial charge in [-0.25, -0.2) is 9.78 Å². The normalized spacial score (nSPS) is 21.1. The second kappa shape index (κ2) is 8.30. The summed E-state index contributed by atoms with van der Waals surface area (Å²) in [4.78, 5) is 33.4. The number of carbonyl (C=O) groups is 2. The lowest BCUT2D eigenvalue weighted by molar-refractivity contribution is 0.0700. The van der Waals surface area contributed by atoms with Crippen LogP contribution in [-0.4, -0.2) is 46.2 Å². The molecule has 2 aliphatic rings. The SMILES string of the molecule is Cc1cccc(-c2sc(C)nc2C(=O)N2C[C@@H]3C[C@@H]3[C@H]2CNC(=O)Oc2c(C)noc2C)c1. The maximum Gasteiger partial charge on any atom is 0.412 e. The van der Waals surface area contributed by atoms with E-state index < -0.39 is 6.09 Å². The Balaban J connectivity index is 1.32. The van der Waals surface area contributed by atoms with Crippen molar-refractivity contribution in [2.45, 2.75) is 40.2 Å². The number of carbonyl (C=O) groups excluding carboxylic acids is 2. The van der Waals surface area contributed by atoms with Gasteiger partial charge in [0.25, 0.3) is 5.91 Å². The highest BCUT2D eigenvalue weighted by atomic mass is 32.1. The van der Waals surface area contributed by atoms with Crippen molar-refractivity contribution >= 4 is 23.3 Å². The molecule has 5 rings (SSSR count). The van der Waals surface area contributed by atoms with E-state index in [4.69, 9.17) is 9.26 Å². The number of amides is 2. The summed E-state index contributed by atoms with van der Waals surface area (Å²) in [6, 6.07) is 8.05. The first kappa shape index (κ1) is 21.6. The predicted octanol–water partition coefficient (Wildman–Crippen LogP) is 4.28. The molecule has 172 valence electrons. The summed E-state index contributed by atoms with van der Waals surface area (Å²) in [6.07, 6.45) is 0.501. The minimum absolute atomic E-state index is 0.0750. The lowest BCUT2D eigenvalue weighted by atomic mass is 10.1. The lowest BCUT2D eigenvalue weighted by Gasteiger charge is -2.27. The molecule has 0 bridgehead atoms. The zero-order valence-electron chi connectivity index (χ0n) is 19.0. The Morgan fingerprint density at radius 2 is 2.09 bits per heavy atom. The zero-order valence-corrected chi connectivity index (χ0v) is 19.9. The highest BCUT2D eigenvalue weighted by molar-refractivity contribution is 7.15. The molecule has 0 spiro atoms. The number of fused-ring (bicyclic) bond motifs is 1. The summed E-state index contributed by atoms with van der Waals surface area (Å²) >= 11 is 1.54. The summed E-state index contributed by atoms with van der Waals surface area (Å²) in [7, 11) is 0. The van der Waals surface area contributed by atoms with Gasteiger partial charge in [0.2, 0.25) is 0 Å². The van der Waals surface area contributed by atoms with Gasteiger partial charge in [-0.1, -0.05) is 35.0 Å². The Morgan fingerprint density at radius 1 is 1.27 bits per heavy atom. The van der Waals surface area contributed by atoms with Crippen LogP contribution in [0.5, 0.6) is 5.75 Å². The van der Waals surface area contributed by atoms with Crippen molar-refractivity contribution in [2.24, 2.45) is 11.8 Å². The Hall–Kier alpha value is -3.20. The average molecular weight is 467 g/mol. The van der Waals surface area contributed by atoms with Crippen LogP contribution in [0.3, 0.4) is 0 Å². The van der Waals surface area contributed by atoms with Crippen molar-refractivity contribution in [3.05, 3.63) is 52.0 Å². The maximum absolute atomic E-state index is 13.6. The fraction of sp³-hybridized carbons (Fsp3) is 0.417. The topological polar surface area (TPSA) is 97.6 Å². The molecule has 2 fully saturated rings. The molecule has 0 radical (unpaired) electrons. The predicted molar refractivity (Wildman–Crippen MR) is 123 cm³/mol. The smallest absolute Gasteiger partial charge is 0.405 e. The zero-order chi connectivity index (χ0) is 23.3. The third-order valence-electron chi connectivity index (χ3n) is 6.40. The van der Waals surface area contributed by atoms with Gasteiger partial charge in [-0.05, 0) is 44.6 Å². The van der Waals surface area contributed by atoms with Crippen LogP contribution in [0.25, 0.3) is 10.4 Å². The highest BCUT2D eigenvalue weighted by Crippen LogP contribution is 2.50. The molecular weight excluding hydrogens is 440 g/mol. The van der Waals surface area contributed by atoms with E-state index >= 15 is 0 Å². The average Bonchev–Trinajstić information content (AvgIpc) is 3.12. The van der Waals surface area contributed by atoms with Crippen LogP contribution < -0.4 is 10.1 Å². The summed E-state index contributed by atoms with van der Waals surface area (Å²) < 4.78 is 10.4. The van der Waals surface area contributed by atoms with Crippen molar-refractivity contribution in [2.75, 3.05) is 13.1 Å². The van der Waals surface area contributed by atoms with Crippen molar-refractivity contribution in [3.8, 4) is 16.2 Å². The fourth-order valence-corrected chi connectivity index (χ4v) is 5.60. The van der Waals surface area contributed by atoms with Gasteiger partial charge in [-0.2, -0.15) is 0 Å². The van der Waals surface area contributed by atoms with E-state index in [1.165, 1.54) is 11.3 Å². The highest BCUT2D eigenvalue weighted by Gasteiger charge is 2.54. The number of ether oxygens (including phenoxy) is 1. The quantitative estimate of drug-likeness (QED) is 0.603. The van der Waals surface area contributed by atoms with Crippen LogP contribution in [0.1, 0.15) is 38.9 Å². The lowest BCUT2D eigenvalue weighted by Crippen LogP contribution is -2.46. The van der Waals surface area contributed by atoms with Gasteiger partial charge >= 0.3 is 6.09 Å². The molecular formula is C24H26N4O4S. The molecule has 1 saturated heterocycles. The number of thiazole rings is 1. The Bertz CT molecular complexity index is 1210. The number of piperidine rings is 1. The van der Waals surface area contributed by atoms with Gasteiger partial charge in [0.05, 0.1) is 15.9 Å². The van der Waals surface area contributed by atoms with Gasteiger partial charge < -0.3 is 19.5 Å². The molecule has 1 saturated carbocycles. The molecule has 3 heterocycles. The van der Waals surface area contributed by atoms with Crippen LogP contribution in [0.15, 0.2) is 28.8 Å². The van der Waals surface area contributed by atoms with E-state index in [0.29, 0.717) is 47.8 Å². The Kier molecular flexibility index (Phi) is 5.44. The summed E-state index contributed by atoms with van der Waals surface area (Å²) in [5.41, 5.74) is 3.15. The molecule has 2 aromatic heterocycles. The molecule has 0 unspecified atom stereocenters. The number of nitrogens with zero attached hydrogens (tertiary/aromatic N) is 3. The molecule has 1 N–H and O–H groups in total. The number of likely N-dealkylation sites (tertiary alicyclic amines) is 1. The first-order chi connectivity index (χ1) is 15.8. The van der Waals surface area contributed by atoms with E-state index in [0.717, 1.165) is 27.4 Å². The number of hydrogen-bond acceptors (Lipinski definition) is 7. The number of benzene rings is 1. The van der Waals surface area contributed by atoms with Crippen molar-refractivity contribution in [3.63, 3.8) is 0 Å². The monoisotopic (exact) mass is 466 g/mol. The first-order valence-corrected chi connectivity index (χ1v) is 11.9. The van der Waals surface area contributed by atoms with Crippen LogP contribution in [0.2, 0.25) is 0 Å². The largest absolute Gasteiger partial charge is 0.412 e. The molecule has 1 aromatic carbocycles. The van der Waals surface area contributed by atoms with Crippen LogP contribution >= 0.6 is 11.3 Å². The standard InChI is InChI=1S/C24H26N4O4S/c1-12-6-5-7-16(8-12)22-20(26-15(4)33-22)23(29)28-11-17-9-18(17)19(28)10-25-24(30)31-21-13(2)27-32-14(21)3/h5-8,17-19H,9-11H2,1-4H3,(H,25,30)/t17-,18-,19+/m0/s1. The summed E-state index contributed by atoms with van der Waals surface area (Å²) in [5.74, 6) is 1.59. The molecule has 33 heavy (non-hydrogen) atoms. The van der Waals surface area contributed by atoms with Crippen LogP contribution in [0.4, 0.5) is 4.79 Å². The number of aryl methyl sites for hydroxylation is 4. The molecule has 3 aromatic rings. The van der Waals surface area contributed by atoms with Gasteiger partial charge in [0, 0.05) is 20.0 Å². The number of aromatic nitrogens is 2. The van der Waals surface area contributed by atoms with E-state index in [1.54, 1.807) is 13.8 Å². The van der Waals surface area contributed by atoms with Crippen LogP contribution in [0, 0.1) is 39.5 Å². The molecule has 3 atom stereocenters. The fourth-order valence-electron chi connectivity index (χ4n) is 4.69. The van der Waals surface area contributed by atoms with E-state index in [1.807, 2.05) is 36.9 Å². The molecule has 8 nitrogen and oxygen atoms in total. The minimum Gasteiger partial charge on any atom is -0.405 e. The summed E-state index contributed by atoms with van der Waals surface area (Å²) in [5, 5.41) is 7.48. The van der Waals surface area contributed by atoms with Crippen molar-refractivity contribution in [1.29, 1.82) is 0 Å². The van der Waals surface area contributed by atoms with Gasteiger partial charge in [-0.3, -0.25) is 4.79 Å². The van der Waals surface area contributed by atoms with Gasteiger partial charge in [-0.15, -0.1) is 11.3 Å². The van der Waals surface area contributed by atoms with Crippen molar-refractivity contribution in [1.82, 2.24) is 20.4 Å². The second-order valence-electron chi connectivity index (χ2n) is 8.89. The Morgan fingerprint density at radius 3 is 2.82 bits per heavy atom. The maximum atomic E-state index is 13.6. The van der Waals surface area contributed by atoms with Crippen molar-refractivity contribution < 1.29 is 18.8 Å². The molecule has 9 heteroatoms. The number of hydrogen-bond donors (Lipinski definition) is 1. The molecule has 1 aliphatic carbocycles. The van der Waals surface area contributed by atoms with Gasteiger partial charge in [0.15, 0.2) is 11.5 Å². The molecule has 2 amide bonds. The second-order valence-corrected chi connectivity index (χ2v) is 10.1. The summed E-state index contributed by atoms with van der Waals surface area (Å²) in [6.45, 7) is 8.39. The number of nitrogens with one attached hydrogen (secondary N) is 1. The third kappa shape index (κ3) is 4.13. The third-order valence-corrected chi connectivity index (χ3v) is 7.42. The van der Waals surface area contributed by atoms with E-state index in [-0.39, 0.29) is 11.9 Å². The van der Waals surface area contributed by atoms with Crippen LogP contribution in [-0.2, 0) is 0 Å². The molecule has 1 aliphatic heterocycles. The van der Waals surface area contributed by atoms with Gasteiger partial charge in [0.1, 0.15) is 11.4 Å².